The lowest BCUT2D eigenvalue weighted by molar-refractivity contribution is -0.143. The van der Waals surface area contributed by atoms with Gasteiger partial charge in [-0.2, -0.15) is 0 Å². The van der Waals surface area contributed by atoms with E-state index in [0.717, 1.165) is 6.07 Å². The van der Waals surface area contributed by atoms with Gasteiger partial charge < -0.3 is 19.4 Å². The SMILES string of the molecule is COCCN1C[C@@H]2CN(Cc3ccc(F)cc3F)C(=O)N2[C@@H](CC(C)C)C1=O. The van der Waals surface area contributed by atoms with Crippen LogP contribution in [0.3, 0.4) is 0 Å². The average Bonchev–Trinajstić information content (AvgIpc) is 2.93. The Balaban J connectivity index is 1.81. The van der Waals surface area contributed by atoms with E-state index in [1.54, 1.807) is 21.8 Å². The van der Waals surface area contributed by atoms with E-state index >= 15 is 0 Å². The van der Waals surface area contributed by atoms with Crippen LogP contribution in [-0.4, -0.2) is 72.1 Å². The van der Waals surface area contributed by atoms with Crippen LogP contribution < -0.4 is 0 Å². The molecule has 2 aliphatic rings. The van der Waals surface area contributed by atoms with Gasteiger partial charge in [0.25, 0.3) is 0 Å². The minimum atomic E-state index is -0.672. The number of fused-ring (bicyclic) bond motifs is 1. The van der Waals surface area contributed by atoms with Crippen LogP contribution >= 0.6 is 0 Å². The van der Waals surface area contributed by atoms with Gasteiger partial charge in [-0.1, -0.05) is 19.9 Å². The maximum absolute atomic E-state index is 14.0. The van der Waals surface area contributed by atoms with Crippen molar-refractivity contribution in [1.82, 2.24) is 14.7 Å². The molecular weight excluding hydrogens is 368 g/mol. The fraction of sp³-hybridized carbons (Fsp3) is 0.600. The van der Waals surface area contributed by atoms with Crippen LogP contribution in [0.1, 0.15) is 25.8 Å². The lowest BCUT2D eigenvalue weighted by Gasteiger charge is -2.42. The number of amides is 3. The number of hydrogen-bond acceptors (Lipinski definition) is 3. The summed E-state index contributed by atoms with van der Waals surface area (Å²) in [6.07, 6.45) is 0.573. The third-order valence-corrected chi connectivity index (χ3v) is 5.32. The summed E-state index contributed by atoms with van der Waals surface area (Å²) in [6.45, 7) is 5.84. The van der Waals surface area contributed by atoms with Crippen molar-refractivity contribution in [3.8, 4) is 0 Å². The van der Waals surface area contributed by atoms with E-state index in [4.69, 9.17) is 4.74 Å². The predicted octanol–water partition coefficient (Wildman–Crippen LogP) is 2.47. The molecule has 0 saturated carbocycles. The second-order valence-corrected chi connectivity index (χ2v) is 7.88. The number of ether oxygens (including phenoxy) is 1. The molecule has 154 valence electrons. The Hall–Kier alpha value is -2.22. The van der Waals surface area contributed by atoms with Crippen molar-refractivity contribution in [1.29, 1.82) is 0 Å². The summed E-state index contributed by atoms with van der Waals surface area (Å²) < 4.78 is 32.3. The van der Waals surface area contributed by atoms with Gasteiger partial charge in [-0.05, 0) is 18.4 Å². The predicted molar refractivity (Wildman–Crippen MR) is 99.5 cm³/mol. The molecule has 0 spiro atoms. The van der Waals surface area contributed by atoms with E-state index in [1.165, 1.54) is 12.1 Å². The number of benzene rings is 1. The Kier molecular flexibility index (Phi) is 6.17. The van der Waals surface area contributed by atoms with Crippen LogP contribution in [-0.2, 0) is 16.1 Å². The number of piperazine rings is 1. The van der Waals surface area contributed by atoms with Crippen molar-refractivity contribution in [2.75, 3.05) is 33.4 Å². The second kappa shape index (κ2) is 8.43. The van der Waals surface area contributed by atoms with Crippen LogP contribution in [0.5, 0.6) is 0 Å². The standard InChI is InChI=1S/C20H27F2N3O3/c1-13(2)8-18-19(26)23(6-7-28-3)11-16-12-24(20(27)25(16)18)10-14-4-5-15(21)9-17(14)22/h4-5,9,13,16,18H,6-8,10-12H2,1-3H3/t16-,18+/m1/s1. The minimum Gasteiger partial charge on any atom is -0.383 e. The topological polar surface area (TPSA) is 53.1 Å². The number of methoxy groups -OCH3 is 1. The molecule has 2 heterocycles. The second-order valence-electron chi connectivity index (χ2n) is 7.88. The van der Waals surface area contributed by atoms with Gasteiger partial charge in [0.15, 0.2) is 0 Å². The zero-order valence-corrected chi connectivity index (χ0v) is 16.5. The molecule has 28 heavy (non-hydrogen) atoms. The zero-order chi connectivity index (χ0) is 20.4. The van der Waals surface area contributed by atoms with E-state index in [9.17, 15) is 18.4 Å². The highest BCUT2D eigenvalue weighted by molar-refractivity contribution is 5.90. The molecule has 3 amide bonds. The van der Waals surface area contributed by atoms with E-state index in [2.05, 4.69) is 0 Å². The van der Waals surface area contributed by atoms with Gasteiger partial charge in [-0.15, -0.1) is 0 Å². The normalized spacial score (nSPS) is 22.4. The Morgan fingerprint density at radius 1 is 1.18 bits per heavy atom. The number of carbonyl (C=O) groups is 2. The molecule has 0 N–H and O–H groups in total. The number of urea groups is 1. The van der Waals surface area contributed by atoms with Crippen molar-refractivity contribution in [2.24, 2.45) is 5.92 Å². The van der Waals surface area contributed by atoms with Gasteiger partial charge in [-0.25, -0.2) is 13.6 Å². The van der Waals surface area contributed by atoms with Crippen molar-refractivity contribution in [3.05, 3.63) is 35.4 Å². The number of nitrogens with zero attached hydrogens (tertiary/aromatic N) is 3. The minimum absolute atomic E-state index is 0.0542. The fourth-order valence-electron chi connectivity index (χ4n) is 4.00. The monoisotopic (exact) mass is 395 g/mol. The molecule has 0 radical (unpaired) electrons. The van der Waals surface area contributed by atoms with Crippen LogP contribution in [0.4, 0.5) is 13.6 Å². The molecule has 1 aromatic carbocycles. The van der Waals surface area contributed by atoms with Crippen molar-refractivity contribution < 1.29 is 23.1 Å². The smallest absolute Gasteiger partial charge is 0.321 e. The first-order chi connectivity index (χ1) is 13.3. The largest absolute Gasteiger partial charge is 0.383 e. The number of rotatable bonds is 7. The first-order valence-corrected chi connectivity index (χ1v) is 9.60. The Morgan fingerprint density at radius 3 is 2.54 bits per heavy atom. The highest BCUT2D eigenvalue weighted by atomic mass is 19.1. The number of hydrogen-bond donors (Lipinski definition) is 0. The number of carbonyl (C=O) groups excluding carboxylic acids is 2. The third-order valence-electron chi connectivity index (χ3n) is 5.32. The van der Waals surface area contributed by atoms with Crippen LogP contribution in [0.25, 0.3) is 0 Å². The maximum Gasteiger partial charge on any atom is 0.321 e. The molecule has 1 aromatic rings. The average molecular weight is 395 g/mol. The van der Waals surface area contributed by atoms with Gasteiger partial charge in [0.2, 0.25) is 5.91 Å². The van der Waals surface area contributed by atoms with Crippen LogP contribution in [0.15, 0.2) is 18.2 Å². The van der Waals surface area contributed by atoms with Crippen molar-refractivity contribution >= 4 is 11.9 Å². The van der Waals surface area contributed by atoms with Gasteiger partial charge in [-0.3, -0.25) is 4.79 Å². The summed E-state index contributed by atoms with van der Waals surface area (Å²) in [4.78, 5) is 31.0. The summed E-state index contributed by atoms with van der Waals surface area (Å²) >= 11 is 0. The van der Waals surface area contributed by atoms with Gasteiger partial charge in [0, 0.05) is 38.4 Å². The molecule has 2 saturated heterocycles. The van der Waals surface area contributed by atoms with Gasteiger partial charge in [0.05, 0.1) is 19.2 Å². The highest BCUT2D eigenvalue weighted by Gasteiger charge is 2.49. The Labute approximate surface area is 164 Å². The molecule has 2 atom stereocenters. The quantitative estimate of drug-likeness (QED) is 0.713. The molecule has 2 aliphatic heterocycles. The summed E-state index contributed by atoms with van der Waals surface area (Å²) in [7, 11) is 1.59. The molecule has 6 nitrogen and oxygen atoms in total. The number of halogens is 2. The molecule has 0 unspecified atom stereocenters. The molecule has 8 heteroatoms. The van der Waals surface area contributed by atoms with E-state index in [1.807, 2.05) is 13.8 Å². The van der Waals surface area contributed by atoms with E-state index in [0.29, 0.717) is 32.7 Å². The van der Waals surface area contributed by atoms with E-state index < -0.39 is 17.7 Å². The van der Waals surface area contributed by atoms with Crippen LogP contribution in [0, 0.1) is 17.6 Å². The van der Waals surface area contributed by atoms with E-state index in [-0.39, 0.29) is 36.0 Å². The Bertz CT molecular complexity index is 743. The molecule has 0 aromatic heterocycles. The lowest BCUT2D eigenvalue weighted by atomic mass is 9.97. The molecule has 2 fully saturated rings. The molecule has 0 bridgehead atoms. The molecule has 0 aliphatic carbocycles. The zero-order valence-electron chi connectivity index (χ0n) is 16.5. The first-order valence-electron chi connectivity index (χ1n) is 9.60. The van der Waals surface area contributed by atoms with Crippen LogP contribution in [0.2, 0.25) is 0 Å². The van der Waals surface area contributed by atoms with Crippen molar-refractivity contribution in [2.45, 2.75) is 38.9 Å². The highest BCUT2D eigenvalue weighted by Crippen LogP contribution is 2.30. The molecule has 3 rings (SSSR count). The van der Waals surface area contributed by atoms with Crippen molar-refractivity contribution in [3.63, 3.8) is 0 Å². The van der Waals surface area contributed by atoms with Gasteiger partial charge in [0.1, 0.15) is 17.7 Å². The first kappa shape index (κ1) is 20.5. The summed E-state index contributed by atoms with van der Waals surface area (Å²) in [5, 5.41) is 0. The Morgan fingerprint density at radius 2 is 1.89 bits per heavy atom. The summed E-state index contributed by atoms with van der Waals surface area (Å²) in [5.41, 5.74) is 0.262. The maximum atomic E-state index is 14.0. The third kappa shape index (κ3) is 4.11. The molecular formula is C20H27F2N3O3. The lowest BCUT2D eigenvalue weighted by Crippen LogP contribution is -2.61. The summed E-state index contributed by atoms with van der Waals surface area (Å²) in [5.74, 6) is -1.14. The summed E-state index contributed by atoms with van der Waals surface area (Å²) in [6, 6.07) is 2.43. The van der Waals surface area contributed by atoms with Gasteiger partial charge >= 0.3 is 6.03 Å². The fourth-order valence-corrected chi connectivity index (χ4v) is 4.00.